The predicted octanol–water partition coefficient (Wildman–Crippen LogP) is 2.17. The van der Waals surface area contributed by atoms with Gasteiger partial charge in [0, 0.05) is 16.3 Å². The standard InChI is InChI=1S/C13H19NO3S/c1-9(2)7-14(8-13(16)17)12(15)6-11-5-4-10(3)18-11/h4-5,9H,6-8H2,1-3H3,(H,16,17). The number of aryl methyl sites for hydroxylation is 1. The van der Waals surface area contributed by atoms with Gasteiger partial charge in [0.1, 0.15) is 6.54 Å². The molecule has 0 aliphatic heterocycles. The Morgan fingerprint density at radius 2 is 2.06 bits per heavy atom. The molecule has 1 aromatic heterocycles. The first-order valence-corrected chi connectivity index (χ1v) is 6.75. The highest BCUT2D eigenvalue weighted by molar-refractivity contribution is 7.12. The van der Waals surface area contributed by atoms with E-state index in [1.807, 2.05) is 32.9 Å². The number of rotatable bonds is 6. The molecular weight excluding hydrogens is 250 g/mol. The van der Waals surface area contributed by atoms with E-state index in [2.05, 4.69) is 0 Å². The largest absolute Gasteiger partial charge is 0.480 e. The molecule has 0 radical (unpaired) electrons. The van der Waals surface area contributed by atoms with Crippen molar-refractivity contribution in [3.63, 3.8) is 0 Å². The maximum Gasteiger partial charge on any atom is 0.323 e. The lowest BCUT2D eigenvalue weighted by atomic mass is 10.2. The molecule has 1 N–H and O–H groups in total. The van der Waals surface area contributed by atoms with E-state index < -0.39 is 5.97 Å². The van der Waals surface area contributed by atoms with E-state index in [-0.39, 0.29) is 18.4 Å². The van der Waals surface area contributed by atoms with Gasteiger partial charge in [-0.05, 0) is 25.0 Å². The molecule has 1 amide bonds. The molecule has 0 aromatic carbocycles. The number of hydrogen-bond donors (Lipinski definition) is 1. The first-order valence-electron chi connectivity index (χ1n) is 5.93. The maximum atomic E-state index is 12.1. The number of hydrogen-bond acceptors (Lipinski definition) is 3. The lowest BCUT2D eigenvalue weighted by molar-refractivity contribution is -0.144. The summed E-state index contributed by atoms with van der Waals surface area (Å²) in [5.41, 5.74) is 0. The van der Waals surface area contributed by atoms with Gasteiger partial charge in [0.25, 0.3) is 0 Å². The summed E-state index contributed by atoms with van der Waals surface area (Å²) in [6, 6.07) is 3.89. The minimum Gasteiger partial charge on any atom is -0.480 e. The smallest absolute Gasteiger partial charge is 0.323 e. The van der Waals surface area contributed by atoms with E-state index in [0.717, 1.165) is 9.75 Å². The highest BCUT2D eigenvalue weighted by Gasteiger charge is 2.18. The summed E-state index contributed by atoms with van der Waals surface area (Å²) in [5, 5.41) is 8.82. The van der Waals surface area contributed by atoms with Gasteiger partial charge in [-0.15, -0.1) is 11.3 Å². The van der Waals surface area contributed by atoms with E-state index in [0.29, 0.717) is 13.0 Å². The van der Waals surface area contributed by atoms with E-state index in [4.69, 9.17) is 5.11 Å². The van der Waals surface area contributed by atoms with Crippen molar-refractivity contribution in [3.8, 4) is 0 Å². The third kappa shape index (κ3) is 4.87. The number of thiophene rings is 1. The van der Waals surface area contributed by atoms with Crippen LogP contribution in [0.5, 0.6) is 0 Å². The van der Waals surface area contributed by atoms with Gasteiger partial charge in [0.05, 0.1) is 6.42 Å². The second kappa shape index (κ2) is 6.54. The topological polar surface area (TPSA) is 57.6 Å². The molecule has 1 heterocycles. The van der Waals surface area contributed by atoms with Gasteiger partial charge in [-0.3, -0.25) is 9.59 Å². The van der Waals surface area contributed by atoms with Crippen molar-refractivity contribution in [2.75, 3.05) is 13.1 Å². The molecule has 4 nitrogen and oxygen atoms in total. The number of carbonyl (C=O) groups excluding carboxylic acids is 1. The molecule has 1 rings (SSSR count). The summed E-state index contributed by atoms with van der Waals surface area (Å²) in [7, 11) is 0. The lowest BCUT2D eigenvalue weighted by Crippen LogP contribution is -2.39. The Bertz CT molecular complexity index is 426. The number of carboxylic acids is 1. The number of aliphatic carboxylic acids is 1. The molecule has 0 bridgehead atoms. The second-order valence-electron chi connectivity index (χ2n) is 4.75. The number of nitrogens with zero attached hydrogens (tertiary/aromatic N) is 1. The lowest BCUT2D eigenvalue weighted by Gasteiger charge is -2.22. The summed E-state index contributed by atoms with van der Waals surface area (Å²) in [4.78, 5) is 26.4. The van der Waals surface area contributed by atoms with Gasteiger partial charge in [0.15, 0.2) is 0 Å². The fraction of sp³-hybridized carbons (Fsp3) is 0.538. The van der Waals surface area contributed by atoms with Crippen molar-refractivity contribution >= 4 is 23.2 Å². The van der Waals surface area contributed by atoms with Crippen LogP contribution in [-0.4, -0.2) is 35.0 Å². The average Bonchev–Trinajstić information content (AvgIpc) is 2.61. The van der Waals surface area contributed by atoms with Gasteiger partial charge < -0.3 is 10.0 Å². The van der Waals surface area contributed by atoms with Gasteiger partial charge in [0.2, 0.25) is 5.91 Å². The Labute approximate surface area is 111 Å². The van der Waals surface area contributed by atoms with E-state index in [9.17, 15) is 9.59 Å². The first kappa shape index (κ1) is 14.7. The first-order chi connectivity index (χ1) is 8.38. The van der Waals surface area contributed by atoms with Crippen molar-refractivity contribution in [1.82, 2.24) is 4.90 Å². The summed E-state index contributed by atoms with van der Waals surface area (Å²) in [5.74, 6) is -0.822. The van der Waals surface area contributed by atoms with Crippen LogP contribution in [0.2, 0.25) is 0 Å². The van der Waals surface area contributed by atoms with Crippen LogP contribution >= 0.6 is 11.3 Å². The molecule has 0 unspecified atom stereocenters. The van der Waals surface area contributed by atoms with Crippen molar-refractivity contribution in [3.05, 3.63) is 21.9 Å². The Morgan fingerprint density at radius 3 is 2.50 bits per heavy atom. The highest BCUT2D eigenvalue weighted by Crippen LogP contribution is 2.16. The van der Waals surface area contributed by atoms with Gasteiger partial charge in [-0.1, -0.05) is 13.8 Å². The number of amides is 1. The molecule has 0 aliphatic rings. The molecule has 0 atom stereocenters. The summed E-state index contributed by atoms with van der Waals surface area (Å²) >= 11 is 1.58. The zero-order valence-corrected chi connectivity index (χ0v) is 11.8. The fourth-order valence-corrected chi connectivity index (χ4v) is 2.58. The third-order valence-electron chi connectivity index (χ3n) is 2.39. The number of carboxylic acid groups (broad SMARTS) is 1. The molecule has 100 valence electrons. The minimum absolute atomic E-state index is 0.118. The van der Waals surface area contributed by atoms with E-state index >= 15 is 0 Å². The van der Waals surface area contributed by atoms with Gasteiger partial charge in [-0.25, -0.2) is 0 Å². The number of carbonyl (C=O) groups is 2. The maximum absolute atomic E-state index is 12.1. The molecule has 0 saturated carbocycles. The van der Waals surface area contributed by atoms with Crippen LogP contribution in [0.1, 0.15) is 23.6 Å². The second-order valence-corrected chi connectivity index (χ2v) is 6.12. The summed E-state index contributed by atoms with van der Waals surface area (Å²) < 4.78 is 0. The molecule has 18 heavy (non-hydrogen) atoms. The molecule has 5 heteroatoms. The van der Waals surface area contributed by atoms with Crippen LogP contribution < -0.4 is 0 Å². The summed E-state index contributed by atoms with van der Waals surface area (Å²) in [6.45, 7) is 6.19. The minimum atomic E-state index is -0.966. The zero-order chi connectivity index (χ0) is 13.7. The molecule has 0 saturated heterocycles. The molecule has 0 spiro atoms. The van der Waals surface area contributed by atoms with Gasteiger partial charge >= 0.3 is 5.97 Å². The fourth-order valence-electron chi connectivity index (χ4n) is 1.70. The molecule has 0 aliphatic carbocycles. The third-order valence-corrected chi connectivity index (χ3v) is 3.39. The van der Waals surface area contributed by atoms with Crippen molar-refractivity contribution in [1.29, 1.82) is 0 Å². The Hall–Kier alpha value is -1.36. The normalized spacial score (nSPS) is 10.7. The van der Waals surface area contributed by atoms with Crippen LogP contribution in [-0.2, 0) is 16.0 Å². The Kier molecular flexibility index (Phi) is 5.34. The monoisotopic (exact) mass is 269 g/mol. The molecule has 0 fully saturated rings. The van der Waals surface area contributed by atoms with Crippen molar-refractivity contribution < 1.29 is 14.7 Å². The molecular formula is C13H19NO3S. The molecule has 1 aromatic rings. The SMILES string of the molecule is Cc1ccc(CC(=O)N(CC(=O)O)CC(C)C)s1. The van der Waals surface area contributed by atoms with Crippen LogP contribution in [0, 0.1) is 12.8 Å². The Balaban J connectivity index is 2.66. The average molecular weight is 269 g/mol. The quantitative estimate of drug-likeness (QED) is 0.861. The van der Waals surface area contributed by atoms with Crippen LogP contribution in [0.3, 0.4) is 0 Å². The van der Waals surface area contributed by atoms with E-state index in [1.165, 1.54) is 4.90 Å². The van der Waals surface area contributed by atoms with Crippen LogP contribution in [0.15, 0.2) is 12.1 Å². The van der Waals surface area contributed by atoms with Crippen molar-refractivity contribution in [2.24, 2.45) is 5.92 Å². The van der Waals surface area contributed by atoms with Crippen LogP contribution in [0.4, 0.5) is 0 Å². The summed E-state index contributed by atoms with van der Waals surface area (Å²) in [6.07, 6.45) is 0.290. The Morgan fingerprint density at radius 1 is 1.39 bits per heavy atom. The van der Waals surface area contributed by atoms with Crippen LogP contribution in [0.25, 0.3) is 0 Å². The predicted molar refractivity (Wildman–Crippen MR) is 71.8 cm³/mol. The van der Waals surface area contributed by atoms with E-state index in [1.54, 1.807) is 11.3 Å². The van der Waals surface area contributed by atoms with Gasteiger partial charge in [-0.2, -0.15) is 0 Å². The highest BCUT2D eigenvalue weighted by atomic mass is 32.1. The zero-order valence-electron chi connectivity index (χ0n) is 11.0. The van der Waals surface area contributed by atoms with Crippen molar-refractivity contribution in [2.45, 2.75) is 27.2 Å².